The molecule has 7 heteroatoms. The summed E-state index contributed by atoms with van der Waals surface area (Å²) in [6.07, 6.45) is -0.721. The molecule has 0 radical (unpaired) electrons. The lowest BCUT2D eigenvalue weighted by atomic mass is 10.2. The van der Waals surface area contributed by atoms with Gasteiger partial charge >= 0.3 is 0 Å². The van der Waals surface area contributed by atoms with Crippen LogP contribution in [0.2, 0.25) is 5.02 Å². The summed E-state index contributed by atoms with van der Waals surface area (Å²) in [6, 6.07) is 12.8. The van der Waals surface area contributed by atoms with Gasteiger partial charge in [0.1, 0.15) is 6.61 Å². The predicted octanol–water partition coefficient (Wildman–Crippen LogP) is 2.96. The molecule has 136 valence electrons. The zero-order valence-electron chi connectivity index (χ0n) is 14.1. The molecule has 0 unspecified atom stereocenters. The van der Waals surface area contributed by atoms with E-state index in [1.807, 2.05) is 30.3 Å². The number of amides is 1. The van der Waals surface area contributed by atoms with Crippen molar-refractivity contribution in [2.45, 2.75) is 6.10 Å². The number of ether oxygens (including phenoxy) is 3. The van der Waals surface area contributed by atoms with Crippen LogP contribution in [0.5, 0.6) is 11.5 Å². The fourth-order valence-corrected chi connectivity index (χ4v) is 3.22. The van der Waals surface area contributed by atoms with Crippen LogP contribution in [0.15, 0.2) is 42.5 Å². The van der Waals surface area contributed by atoms with E-state index >= 15 is 0 Å². The van der Waals surface area contributed by atoms with Crippen molar-refractivity contribution in [3.63, 3.8) is 0 Å². The van der Waals surface area contributed by atoms with Crippen LogP contribution in [-0.2, 0) is 9.53 Å². The molecule has 2 aliphatic heterocycles. The van der Waals surface area contributed by atoms with Gasteiger partial charge in [-0.2, -0.15) is 0 Å². The summed E-state index contributed by atoms with van der Waals surface area (Å²) >= 11 is 6.14. The number of halogens is 1. The summed E-state index contributed by atoms with van der Waals surface area (Å²) in [5.41, 5.74) is 1.58. The van der Waals surface area contributed by atoms with Crippen molar-refractivity contribution >= 4 is 28.9 Å². The Morgan fingerprint density at radius 3 is 2.69 bits per heavy atom. The zero-order chi connectivity index (χ0) is 17.9. The average molecular weight is 375 g/mol. The maximum atomic E-state index is 12.7. The highest BCUT2D eigenvalue weighted by Gasteiger charge is 2.28. The number of carbonyl (C=O) groups excluding carboxylic acids is 1. The van der Waals surface area contributed by atoms with E-state index in [4.69, 9.17) is 25.8 Å². The minimum Gasteiger partial charge on any atom is -0.485 e. The maximum Gasteiger partial charge on any atom is 0.269 e. The van der Waals surface area contributed by atoms with Crippen LogP contribution >= 0.6 is 11.6 Å². The maximum absolute atomic E-state index is 12.7. The third-order valence-electron chi connectivity index (χ3n) is 4.37. The molecule has 0 aliphatic carbocycles. The molecule has 26 heavy (non-hydrogen) atoms. The standard InChI is InChI=1S/C19H19ClN2O4/c20-13-5-6-15(22-7-9-24-10-8-22)14(11-13)21-19(23)18-12-25-16-3-1-2-4-17(16)26-18/h1-6,11,18H,7-10,12H2,(H,21,23)/t18-/m1/s1. The quantitative estimate of drug-likeness (QED) is 0.895. The van der Waals surface area contributed by atoms with E-state index in [1.54, 1.807) is 12.1 Å². The smallest absolute Gasteiger partial charge is 0.269 e. The number of nitrogens with one attached hydrogen (secondary N) is 1. The molecule has 0 saturated carbocycles. The van der Waals surface area contributed by atoms with Crippen molar-refractivity contribution in [2.24, 2.45) is 0 Å². The van der Waals surface area contributed by atoms with Crippen LogP contribution in [0.1, 0.15) is 0 Å². The Hall–Kier alpha value is -2.44. The van der Waals surface area contributed by atoms with Gasteiger partial charge in [0.25, 0.3) is 5.91 Å². The molecule has 2 aliphatic rings. The predicted molar refractivity (Wildman–Crippen MR) is 99.5 cm³/mol. The van der Waals surface area contributed by atoms with Crippen LogP contribution in [0.4, 0.5) is 11.4 Å². The Bertz CT molecular complexity index is 808. The van der Waals surface area contributed by atoms with Crippen LogP contribution in [0.25, 0.3) is 0 Å². The first-order valence-corrected chi connectivity index (χ1v) is 8.90. The van der Waals surface area contributed by atoms with Gasteiger partial charge in [-0.25, -0.2) is 0 Å². The summed E-state index contributed by atoms with van der Waals surface area (Å²) < 4.78 is 16.8. The topological polar surface area (TPSA) is 60.0 Å². The lowest BCUT2D eigenvalue weighted by molar-refractivity contribution is -0.125. The molecule has 1 N–H and O–H groups in total. The number of nitrogens with zero attached hydrogens (tertiary/aromatic N) is 1. The average Bonchev–Trinajstić information content (AvgIpc) is 2.68. The Morgan fingerprint density at radius 2 is 1.88 bits per heavy atom. The van der Waals surface area contributed by atoms with Gasteiger partial charge in [-0.1, -0.05) is 23.7 Å². The molecule has 1 atom stereocenters. The fraction of sp³-hybridized carbons (Fsp3) is 0.316. The number of hydrogen-bond donors (Lipinski definition) is 1. The first-order chi connectivity index (χ1) is 12.7. The van der Waals surface area contributed by atoms with Crippen LogP contribution in [-0.4, -0.2) is 44.9 Å². The molecule has 0 aromatic heterocycles. The number of benzene rings is 2. The molecule has 1 fully saturated rings. The molecule has 1 saturated heterocycles. The minimum absolute atomic E-state index is 0.163. The molecule has 0 spiro atoms. The molecule has 6 nitrogen and oxygen atoms in total. The Kier molecular flexibility index (Phi) is 4.86. The van der Waals surface area contributed by atoms with Gasteiger partial charge in [0.15, 0.2) is 11.5 Å². The number of para-hydroxylation sites is 2. The number of rotatable bonds is 3. The van der Waals surface area contributed by atoms with E-state index in [0.717, 1.165) is 18.8 Å². The lowest BCUT2D eigenvalue weighted by Gasteiger charge is -2.31. The molecule has 0 bridgehead atoms. The number of carbonyl (C=O) groups is 1. The number of morpholine rings is 1. The number of anilines is 2. The Labute approximate surface area is 156 Å². The highest BCUT2D eigenvalue weighted by molar-refractivity contribution is 6.31. The van der Waals surface area contributed by atoms with E-state index < -0.39 is 6.10 Å². The van der Waals surface area contributed by atoms with E-state index in [2.05, 4.69) is 10.2 Å². The summed E-state index contributed by atoms with van der Waals surface area (Å²) in [4.78, 5) is 14.9. The molecule has 4 rings (SSSR count). The largest absolute Gasteiger partial charge is 0.485 e. The second-order valence-electron chi connectivity index (χ2n) is 6.11. The van der Waals surface area contributed by atoms with Crippen LogP contribution in [0.3, 0.4) is 0 Å². The van der Waals surface area contributed by atoms with Crippen molar-refractivity contribution in [3.05, 3.63) is 47.5 Å². The highest BCUT2D eigenvalue weighted by Crippen LogP contribution is 2.33. The van der Waals surface area contributed by atoms with Crippen molar-refractivity contribution < 1.29 is 19.0 Å². The SMILES string of the molecule is O=C(Nc1cc(Cl)ccc1N1CCOCC1)[C@H]1COc2ccccc2O1. The van der Waals surface area contributed by atoms with Gasteiger partial charge in [0, 0.05) is 18.1 Å². The molecular formula is C19H19ClN2O4. The second kappa shape index (κ2) is 7.43. The van der Waals surface area contributed by atoms with E-state index in [1.165, 1.54) is 0 Å². The molecule has 2 heterocycles. The van der Waals surface area contributed by atoms with E-state index in [-0.39, 0.29) is 12.5 Å². The first-order valence-electron chi connectivity index (χ1n) is 8.52. The minimum atomic E-state index is -0.721. The summed E-state index contributed by atoms with van der Waals surface area (Å²) in [5, 5.41) is 3.50. The first kappa shape index (κ1) is 17.0. The Balaban J connectivity index is 1.52. The monoisotopic (exact) mass is 374 g/mol. The van der Waals surface area contributed by atoms with Gasteiger partial charge in [0.2, 0.25) is 6.10 Å². The summed E-state index contributed by atoms with van der Waals surface area (Å²) in [7, 11) is 0. The van der Waals surface area contributed by atoms with Crippen molar-refractivity contribution in [2.75, 3.05) is 43.1 Å². The van der Waals surface area contributed by atoms with Crippen molar-refractivity contribution in [1.29, 1.82) is 0 Å². The highest BCUT2D eigenvalue weighted by atomic mass is 35.5. The Morgan fingerprint density at radius 1 is 1.12 bits per heavy atom. The third kappa shape index (κ3) is 3.57. The number of fused-ring (bicyclic) bond motifs is 1. The fourth-order valence-electron chi connectivity index (χ4n) is 3.05. The summed E-state index contributed by atoms with van der Waals surface area (Å²) in [6.45, 7) is 3.01. The second-order valence-corrected chi connectivity index (χ2v) is 6.55. The third-order valence-corrected chi connectivity index (χ3v) is 4.60. The number of hydrogen-bond acceptors (Lipinski definition) is 5. The lowest BCUT2D eigenvalue weighted by Crippen LogP contribution is -2.41. The van der Waals surface area contributed by atoms with Gasteiger partial charge in [0.05, 0.1) is 24.6 Å². The molecule has 2 aromatic rings. The normalized spacial score (nSPS) is 19.1. The van der Waals surface area contributed by atoms with Gasteiger partial charge in [-0.05, 0) is 30.3 Å². The van der Waals surface area contributed by atoms with Crippen molar-refractivity contribution in [1.82, 2.24) is 0 Å². The zero-order valence-corrected chi connectivity index (χ0v) is 14.9. The molecule has 2 aromatic carbocycles. The van der Waals surface area contributed by atoms with Gasteiger partial charge < -0.3 is 24.4 Å². The van der Waals surface area contributed by atoms with Crippen molar-refractivity contribution in [3.8, 4) is 11.5 Å². The van der Waals surface area contributed by atoms with Crippen LogP contribution in [0, 0.1) is 0 Å². The van der Waals surface area contributed by atoms with E-state index in [0.29, 0.717) is 35.4 Å². The van der Waals surface area contributed by atoms with Crippen LogP contribution < -0.4 is 19.7 Å². The van der Waals surface area contributed by atoms with E-state index in [9.17, 15) is 4.79 Å². The van der Waals surface area contributed by atoms with Gasteiger partial charge in [-0.15, -0.1) is 0 Å². The summed E-state index contributed by atoms with van der Waals surface area (Å²) in [5.74, 6) is 0.947. The molecular weight excluding hydrogens is 356 g/mol. The molecule has 1 amide bonds. The van der Waals surface area contributed by atoms with Gasteiger partial charge in [-0.3, -0.25) is 4.79 Å².